The molecule has 0 saturated carbocycles. The topological polar surface area (TPSA) is 127 Å². The minimum atomic E-state index is -3.51. The van der Waals surface area contributed by atoms with Gasteiger partial charge in [0.1, 0.15) is 11.6 Å². The Labute approximate surface area is 149 Å². The number of aromatic hydroxyl groups is 2. The van der Waals surface area contributed by atoms with Gasteiger partial charge in [0.05, 0.1) is 4.90 Å². The van der Waals surface area contributed by atoms with Crippen LogP contribution in [0.15, 0.2) is 52.3 Å². The fourth-order valence-corrected chi connectivity index (χ4v) is 3.60. The van der Waals surface area contributed by atoms with E-state index in [1.165, 1.54) is 42.5 Å². The fourth-order valence-electron chi connectivity index (χ4n) is 2.38. The summed E-state index contributed by atoms with van der Waals surface area (Å²) < 4.78 is 23.7. The zero-order valence-electron chi connectivity index (χ0n) is 13.2. The second-order valence-corrected chi connectivity index (χ2v) is 7.27. The van der Waals surface area contributed by atoms with E-state index in [1.54, 1.807) is 12.1 Å². The molecule has 0 atom stereocenters. The number of phenolic OH excluding ortho intramolecular Hbond substituents is 2. The van der Waals surface area contributed by atoms with Gasteiger partial charge in [-0.15, -0.1) is 0 Å². The first-order valence-corrected chi connectivity index (χ1v) is 8.87. The average molecular weight is 368 g/mol. The predicted molar refractivity (Wildman–Crippen MR) is 94.7 cm³/mol. The normalized spacial score (nSPS) is 14.5. The molecule has 3 N–H and O–H groups in total. The van der Waals surface area contributed by atoms with Gasteiger partial charge in [0.2, 0.25) is 9.84 Å². The number of benzene rings is 2. The molecule has 0 aliphatic carbocycles. The van der Waals surface area contributed by atoms with E-state index < -0.39 is 15.7 Å². The van der Waals surface area contributed by atoms with Crippen molar-refractivity contribution in [3.8, 4) is 17.6 Å². The quantitative estimate of drug-likeness (QED) is 0.434. The van der Waals surface area contributed by atoms with Gasteiger partial charge in [-0.25, -0.2) is 8.42 Å². The molecule has 3 rings (SSSR count). The summed E-state index contributed by atoms with van der Waals surface area (Å²) in [4.78, 5) is 12.4. The number of phenols is 2. The number of rotatable bonds is 3. The molecular formula is C18H12N2O5S. The molecule has 7 nitrogen and oxygen atoms in total. The first-order chi connectivity index (χ1) is 12.3. The number of nitrogens with zero attached hydrogens (tertiary/aromatic N) is 1. The minimum absolute atomic E-state index is 0.0845. The van der Waals surface area contributed by atoms with Gasteiger partial charge in [-0.3, -0.25) is 4.79 Å². The molecule has 8 heteroatoms. The Balaban J connectivity index is 1.86. The van der Waals surface area contributed by atoms with E-state index in [9.17, 15) is 28.7 Å². The summed E-state index contributed by atoms with van der Waals surface area (Å²) in [6.45, 7) is 0. The highest BCUT2D eigenvalue weighted by molar-refractivity contribution is 7.94. The standard InChI is InChI=1S/C18H12N2O5S/c19-10-13(7-11-1-4-15(21)16(22)8-11)18(23)20-14-3-2-12-5-6-26(24,25)17(12)9-14/h1-9,21-22H,(H,20,23)/b13-7+. The Bertz CT molecular complexity index is 1120. The lowest BCUT2D eigenvalue weighted by molar-refractivity contribution is -0.112. The first-order valence-electron chi connectivity index (χ1n) is 7.32. The molecule has 1 heterocycles. The molecule has 26 heavy (non-hydrogen) atoms. The number of sulfone groups is 1. The molecule has 0 radical (unpaired) electrons. The maximum Gasteiger partial charge on any atom is 0.266 e. The SMILES string of the molecule is N#C/C(=C\c1ccc(O)c(O)c1)C(=O)Nc1ccc2c(c1)S(=O)(=O)C=C2. The van der Waals surface area contributed by atoms with Gasteiger partial charge in [0.25, 0.3) is 5.91 Å². The summed E-state index contributed by atoms with van der Waals surface area (Å²) in [5, 5.41) is 31.5. The van der Waals surface area contributed by atoms with E-state index >= 15 is 0 Å². The number of carbonyl (C=O) groups excluding carboxylic acids is 1. The number of nitrogens with one attached hydrogen (secondary N) is 1. The predicted octanol–water partition coefficient (Wildman–Crippen LogP) is 2.40. The van der Waals surface area contributed by atoms with Gasteiger partial charge < -0.3 is 15.5 Å². The number of nitriles is 1. The van der Waals surface area contributed by atoms with Crippen LogP contribution in [0.1, 0.15) is 11.1 Å². The van der Waals surface area contributed by atoms with E-state index in [0.717, 1.165) is 5.41 Å². The fraction of sp³-hybridized carbons (Fsp3) is 0. The molecule has 0 saturated heterocycles. The van der Waals surface area contributed by atoms with Crippen molar-refractivity contribution in [2.45, 2.75) is 4.90 Å². The number of fused-ring (bicyclic) bond motifs is 1. The van der Waals surface area contributed by atoms with Crippen molar-refractivity contribution < 1.29 is 23.4 Å². The summed E-state index contributed by atoms with van der Waals surface area (Å²) in [6.07, 6.45) is 2.70. The van der Waals surface area contributed by atoms with Crippen molar-refractivity contribution >= 4 is 33.6 Å². The van der Waals surface area contributed by atoms with Crippen molar-refractivity contribution in [3.63, 3.8) is 0 Å². The van der Waals surface area contributed by atoms with Crippen LogP contribution in [0.4, 0.5) is 5.69 Å². The van der Waals surface area contributed by atoms with E-state index in [0.29, 0.717) is 11.1 Å². The summed E-state index contributed by atoms with van der Waals surface area (Å²) in [5.41, 5.74) is 0.846. The van der Waals surface area contributed by atoms with Gasteiger partial charge in [0, 0.05) is 11.1 Å². The van der Waals surface area contributed by atoms with Gasteiger partial charge >= 0.3 is 0 Å². The Morgan fingerprint density at radius 2 is 1.88 bits per heavy atom. The highest BCUT2D eigenvalue weighted by Gasteiger charge is 2.21. The Morgan fingerprint density at radius 1 is 1.12 bits per heavy atom. The third-order valence-corrected chi connectivity index (χ3v) is 5.14. The third-order valence-electron chi connectivity index (χ3n) is 3.68. The lowest BCUT2D eigenvalue weighted by atomic mass is 10.1. The zero-order chi connectivity index (χ0) is 18.9. The molecule has 0 spiro atoms. The van der Waals surface area contributed by atoms with Crippen molar-refractivity contribution in [3.05, 3.63) is 58.5 Å². The molecule has 0 aromatic heterocycles. The van der Waals surface area contributed by atoms with Gasteiger partial charge in [-0.05, 0) is 47.5 Å². The average Bonchev–Trinajstić information content (AvgIpc) is 2.90. The van der Waals surface area contributed by atoms with Crippen LogP contribution in [0.2, 0.25) is 0 Å². The zero-order valence-corrected chi connectivity index (χ0v) is 14.0. The molecule has 0 unspecified atom stereocenters. The van der Waals surface area contributed by atoms with E-state index in [2.05, 4.69) is 5.32 Å². The van der Waals surface area contributed by atoms with E-state index in [-0.39, 0.29) is 27.7 Å². The van der Waals surface area contributed by atoms with Gasteiger partial charge in [0.15, 0.2) is 11.5 Å². The van der Waals surface area contributed by atoms with Crippen molar-refractivity contribution in [1.29, 1.82) is 5.26 Å². The summed E-state index contributed by atoms with van der Waals surface area (Å²) in [7, 11) is -3.51. The molecular weight excluding hydrogens is 356 g/mol. The molecule has 1 amide bonds. The molecule has 1 aliphatic rings. The second kappa shape index (κ2) is 6.38. The van der Waals surface area contributed by atoms with Crippen LogP contribution in [-0.4, -0.2) is 24.5 Å². The molecule has 0 fully saturated rings. The van der Waals surface area contributed by atoms with Crippen molar-refractivity contribution in [1.82, 2.24) is 0 Å². The molecule has 130 valence electrons. The van der Waals surface area contributed by atoms with Crippen molar-refractivity contribution in [2.75, 3.05) is 5.32 Å². The molecule has 2 aromatic carbocycles. The van der Waals surface area contributed by atoms with Crippen LogP contribution in [0.5, 0.6) is 11.5 Å². The van der Waals surface area contributed by atoms with Crippen LogP contribution in [0.25, 0.3) is 12.2 Å². The number of anilines is 1. The lowest BCUT2D eigenvalue weighted by Gasteiger charge is -2.07. The number of hydrogen-bond donors (Lipinski definition) is 3. The maximum absolute atomic E-state index is 12.3. The van der Waals surface area contributed by atoms with E-state index in [4.69, 9.17) is 0 Å². The summed E-state index contributed by atoms with van der Waals surface area (Å²) in [6, 6.07) is 10.0. The van der Waals surface area contributed by atoms with E-state index in [1.807, 2.05) is 0 Å². The highest BCUT2D eigenvalue weighted by Crippen LogP contribution is 2.29. The largest absolute Gasteiger partial charge is 0.504 e. The molecule has 1 aliphatic heterocycles. The summed E-state index contributed by atoms with van der Waals surface area (Å²) >= 11 is 0. The minimum Gasteiger partial charge on any atom is -0.504 e. The Hall–Kier alpha value is -3.57. The molecule has 0 bridgehead atoms. The summed E-state index contributed by atoms with van der Waals surface area (Å²) in [5.74, 6) is -1.44. The lowest BCUT2D eigenvalue weighted by Crippen LogP contribution is -2.13. The number of hydrogen-bond acceptors (Lipinski definition) is 6. The maximum atomic E-state index is 12.3. The van der Waals surface area contributed by atoms with Crippen LogP contribution < -0.4 is 5.32 Å². The third kappa shape index (κ3) is 3.29. The molecule has 2 aromatic rings. The van der Waals surface area contributed by atoms with Gasteiger partial charge in [-0.2, -0.15) is 5.26 Å². The Kier molecular flexibility index (Phi) is 4.24. The van der Waals surface area contributed by atoms with Crippen LogP contribution in [-0.2, 0) is 14.6 Å². The number of amides is 1. The first kappa shape index (κ1) is 17.3. The second-order valence-electron chi connectivity index (χ2n) is 5.47. The monoisotopic (exact) mass is 368 g/mol. The number of carbonyl (C=O) groups is 1. The highest BCUT2D eigenvalue weighted by atomic mass is 32.2. The van der Waals surface area contributed by atoms with Crippen LogP contribution >= 0.6 is 0 Å². The smallest absolute Gasteiger partial charge is 0.266 e. The van der Waals surface area contributed by atoms with Crippen LogP contribution in [0.3, 0.4) is 0 Å². The van der Waals surface area contributed by atoms with Crippen LogP contribution in [0, 0.1) is 11.3 Å². The Morgan fingerprint density at radius 3 is 2.58 bits per heavy atom. The van der Waals surface area contributed by atoms with Crippen molar-refractivity contribution in [2.24, 2.45) is 0 Å². The van der Waals surface area contributed by atoms with Gasteiger partial charge in [-0.1, -0.05) is 12.1 Å².